The molecule has 1 aliphatic heterocycles. The predicted octanol–water partition coefficient (Wildman–Crippen LogP) is -0.528. The molecule has 1 saturated heterocycles. The summed E-state index contributed by atoms with van der Waals surface area (Å²) in [4.78, 5) is 25.1. The molecule has 0 amide bonds. The van der Waals surface area contributed by atoms with Crippen LogP contribution in [0, 0.1) is 6.92 Å². The minimum atomic E-state index is -3.74. The summed E-state index contributed by atoms with van der Waals surface area (Å²) in [5, 5.41) is 10.1. The molecule has 1 fully saturated rings. The second-order valence-electron chi connectivity index (χ2n) is 6.11. The zero-order chi connectivity index (χ0) is 18.9. The molecule has 3 atom stereocenters. The number of hydrogen-bond acceptors (Lipinski definition) is 6. The van der Waals surface area contributed by atoms with E-state index in [1.54, 1.807) is 12.1 Å². The highest BCUT2D eigenvalue weighted by Crippen LogP contribution is 2.27. The van der Waals surface area contributed by atoms with Crippen LogP contribution in [0.2, 0.25) is 0 Å². The Kier molecular flexibility index (Phi) is 5.10. The number of nitrogens with zero attached hydrogens (tertiary/aromatic N) is 1. The molecule has 3 N–H and O–H groups in total. The highest BCUT2D eigenvalue weighted by atomic mass is 32.2. The summed E-state index contributed by atoms with van der Waals surface area (Å²) < 4.78 is 33.8. The summed E-state index contributed by atoms with van der Waals surface area (Å²) in [6.45, 7) is 1.71. The average molecular weight is 381 g/mol. The van der Waals surface area contributed by atoms with Crippen LogP contribution >= 0.6 is 0 Å². The lowest BCUT2D eigenvalue weighted by atomic mass is 10.2. The molecular formula is C16H19N3O6S. The highest BCUT2D eigenvalue weighted by Gasteiger charge is 2.36. The summed E-state index contributed by atoms with van der Waals surface area (Å²) in [6.07, 6.45) is -1.19. The number of sulfonamides is 1. The maximum atomic E-state index is 12.3. The van der Waals surface area contributed by atoms with Gasteiger partial charge in [0.25, 0.3) is 5.56 Å². The Morgan fingerprint density at radius 3 is 2.62 bits per heavy atom. The van der Waals surface area contributed by atoms with E-state index in [0.29, 0.717) is 0 Å². The van der Waals surface area contributed by atoms with E-state index >= 15 is 0 Å². The van der Waals surface area contributed by atoms with Gasteiger partial charge in [0.2, 0.25) is 10.0 Å². The Morgan fingerprint density at radius 2 is 1.96 bits per heavy atom. The van der Waals surface area contributed by atoms with Crippen LogP contribution in [-0.4, -0.2) is 41.8 Å². The molecule has 0 bridgehead atoms. The van der Waals surface area contributed by atoms with E-state index in [-0.39, 0.29) is 17.9 Å². The molecule has 3 rings (SSSR count). The first-order chi connectivity index (χ1) is 12.3. The Balaban J connectivity index is 1.68. The van der Waals surface area contributed by atoms with Gasteiger partial charge in [-0.2, -0.15) is 0 Å². The lowest BCUT2D eigenvalue weighted by Crippen LogP contribution is -2.37. The molecule has 26 heavy (non-hydrogen) atoms. The first-order valence-electron chi connectivity index (χ1n) is 7.97. The fourth-order valence-corrected chi connectivity index (χ4v) is 3.76. The minimum Gasteiger partial charge on any atom is -0.390 e. The number of aliphatic hydroxyl groups is 1. The maximum absolute atomic E-state index is 12.3. The fraction of sp³-hybridized carbons (Fsp3) is 0.375. The first kappa shape index (κ1) is 18.5. The van der Waals surface area contributed by atoms with Crippen LogP contribution in [0.1, 0.15) is 18.2 Å². The number of aryl methyl sites for hydroxylation is 1. The van der Waals surface area contributed by atoms with Crippen LogP contribution in [0.5, 0.6) is 0 Å². The van der Waals surface area contributed by atoms with Crippen molar-refractivity contribution in [1.29, 1.82) is 0 Å². The van der Waals surface area contributed by atoms with E-state index in [9.17, 15) is 23.1 Å². The Labute approximate surface area is 149 Å². The van der Waals surface area contributed by atoms with Gasteiger partial charge in [-0.15, -0.1) is 0 Å². The molecule has 0 unspecified atom stereocenters. The highest BCUT2D eigenvalue weighted by molar-refractivity contribution is 7.89. The number of H-pyrrole nitrogens is 1. The molecule has 1 aromatic heterocycles. The number of aromatic amines is 1. The van der Waals surface area contributed by atoms with Gasteiger partial charge < -0.3 is 9.84 Å². The van der Waals surface area contributed by atoms with Gasteiger partial charge in [0, 0.05) is 25.2 Å². The molecule has 1 aromatic carbocycles. The third-order valence-electron chi connectivity index (χ3n) is 4.17. The molecule has 9 nitrogen and oxygen atoms in total. The zero-order valence-corrected chi connectivity index (χ0v) is 14.8. The lowest BCUT2D eigenvalue weighted by molar-refractivity contribution is -0.0168. The number of nitrogens with one attached hydrogen (secondary N) is 2. The van der Waals surface area contributed by atoms with E-state index in [2.05, 4.69) is 9.71 Å². The second-order valence-corrected chi connectivity index (χ2v) is 7.88. The summed E-state index contributed by atoms with van der Waals surface area (Å²) in [5.41, 5.74) is -0.254. The van der Waals surface area contributed by atoms with E-state index in [0.717, 1.165) is 10.1 Å². The van der Waals surface area contributed by atoms with Gasteiger partial charge in [-0.3, -0.25) is 14.3 Å². The first-order valence-corrected chi connectivity index (χ1v) is 9.46. The third-order valence-corrected chi connectivity index (χ3v) is 5.61. The molecule has 0 spiro atoms. The maximum Gasteiger partial charge on any atom is 0.330 e. The van der Waals surface area contributed by atoms with Crippen molar-refractivity contribution in [3.05, 3.63) is 62.9 Å². The number of ether oxygens (including phenoxy) is 1. The smallest absolute Gasteiger partial charge is 0.330 e. The van der Waals surface area contributed by atoms with E-state index in [1.165, 1.54) is 24.4 Å². The largest absolute Gasteiger partial charge is 0.390 e. The number of rotatable bonds is 5. The summed E-state index contributed by atoms with van der Waals surface area (Å²) in [7, 11) is -3.74. The van der Waals surface area contributed by atoms with Crippen molar-refractivity contribution in [2.45, 2.75) is 36.7 Å². The van der Waals surface area contributed by atoms with Crippen LogP contribution < -0.4 is 16.0 Å². The number of aliphatic hydroxyl groups excluding tert-OH is 1. The van der Waals surface area contributed by atoms with Crippen LogP contribution in [0.3, 0.4) is 0 Å². The fourth-order valence-electron chi connectivity index (χ4n) is 2.72. The quantitative estimate of drug-likeness (QED) is 0.638. The van der Waals surface area contributed by atoms with Crippen molar-refractivity contribution in [2.75, 3.05) is 6.54 Å². The SMILES string of the molecule is Cc1ccc(S(=O)(=O)NC[C@H]2O[C@@H](n3ccc(=O)[nH]c3=O)C[C@@H]2O)cc1. The number of aromatic nitrogens is 2. The zero-order valence-electron chi connectivity index (χ0n) is 14.0. The molecule has 1 aliphatic rings. The van der Waals surface area contributed by atoms with Gasteiger partial charge in [0.05, 0.1) is 17.1 Å². The van der Waals surface area contributed by atoms with E-state index in [4.69, 9.17) is 4.74 Å². The standard InChI is InChI=1S/C16H19N3O6S/c1-10-2-4-11(5-3-10)26(23,24)17-9-13-12(20)8-15(25-13)19-7-6-14(21)18-16(19)22/h2-7,12-13,15,17,20H,8-9H2,1H3,(H,18,21,22)/t12-,13+,15+/m0/s1. The van der Waals surface area contributed by atoms with Gasteiger partial charge in [-0.25, -0.2) is 17.9 Å². The Hall–Kier alpha value is -2.27. The van der Waals surface area contributed by atoms with Crippen molar-refractivity contribution >= 4 is 10.0 Å². The van der Waals surface area contributed by atoms with Gasteiger partial charge >= 0.3 is 5.69 Å². The van der Waals surface area contributed by atoms with E-state index in [1.807, 2.05) is 6.92 Å². The number of benzene rings is 1. The van der Waals surface area contributed by atoms with Crippen molar-refractivity contribution < 1.29 is 18.3 Å². The van der Waals surface area contributed by atoms with Gasteiger partial charge in [-0.1, -0.05) is 17.7 Å². The molecule has 0 radical (unpaired) electrons. The average Bonchev–Trinajstić information content (AvgIpc) is 2.94. The predicted molar refractivity (Wildman–Crippen MR) is 92.2 cm³/mol. The van der Waals surface area contributed by atoms with Gasteiger partial charge in [0.1, 0.15) is 6.23 Å². The summed E-state index contributed by atoms with van der Waals surface area (Å²) in [5.74, 6) is 0. The summed E-state index contributed by atoms with van der Waals surface area (Å²) in [6, 6.07) is 7.53. The van der Waals surface area contributed by atoms with Crippen LogP contribution in [0.25, 0.3) is 0 Å². The normalized spacial score (nSPS) is 23.2. The molecule has 2 aromatic rings. The van der Waals surface area contributed by atoms with Gasteiger partial charge in [-0.05, 0) is 19.1 Å². The molecular weight excluding hydrogens is 362 g/mol. The molecule has 140 valence electrons. The Morgan fingerprint density at radius 1 is 1.27 bits per heavy atom. The minimum absolute atomic E-state index is 0.100. The van der Waals surface area contributed by atoms with Crippen LogP contribution in [0.15, 0.2) is 51.0 Å². The second kappa shape index (κ2) is 7.16. The lowest BCUT2D eigenvalue weighted by Gasteiger charge is -2.16. The van der Waals surface area contributed by atoms with Crippen molar-refractivity contribution in [3.63, 3.8) is 0 Å². The van der Waals surface area contributed by atoms with Crippen molar-refractivity contribution in [1.82, 2.24) is 14.3 Å². The monoisotopic (exact) mass is 381 g/mol. The van der Waals surface area contributed by atoms with Crippen molar-refractivity contribution in [3.8, 4) is 0 Å². The number of hydrogen-bond donors (Lipinski definition) is 3. The molecule has 0 saturated carbocycles. The Bertz CT molecular complexity index is 996. The molecule has 2 heterocycles. The molecule has 0 aliphatic carbocycles. The van der Waals surface area contributed by atoms with Crippen LogP contribution in [-0.2, 0) is 14.8 Å². The summed E-state index contributed by atoms with van der Waals surface area (Å²) >= 11 is 0. The third kappa shape index (κ3) is 3.93. The topological polar surface area (TPSA) is 130 Å². The molecule has 10 heteroatoms. The van der Waals surface area contributed by atoms with E-state index < -0.39 is 39.7 Å². The van der Waals surface area contributed by atoms with Crippen molar-refractivity contribution in [2.24, 2.45) is 0 Å². The van der Waals surface area contributed by atoms with Gasteiger partial charge in [0.15, 0.2) is 0 Å². The van der Waals surface area contributed by atoms with Crippen LogP contribution in [0.4, 0.5) is 0 Å².